The molecule has 3 heteroatoms. The molecular formula is C22H22Cl2Zr. The molecule has 0 fully saturated rings. The summed E-state index contributed by atoms with van der Waals surface area (Å²) in [6, 6.07) is 13.5. The number of fused-ring (bicyclic) bond motifs is 3. The van der Waals surface area contributed by atoms with Crippen molar-refractivity contribution in [2.75, 3.05) is 0 Å². The summed E-state index contributed by atoms with van der Waals surface area (Å²) in [5.41, 5.74) is 7.75. The van der Waals surface area contributed by atoms with Crippen molar-refractivity contribution in [3.8, 4) is 0 Å². The SMILES string of the molecule is CC1=CC(C)[C]([Zr+2][CH]2C(C)=Cc3c2ccc2ccccc32)=C1C.[Cl-].[Cl-]. The molecule has 0 aliphatic heterocycles. The summed E-state index contributed by atoms with van der Waals surface area (Å²) in [6.07, 6.45) is 4.92. The van der Waals surface area contributed by atoms with Crippen LogP contribution in [0.2, 0.25) is 0 Å². The number of benzene rings is 2. The van der Waals surface area contributed by atoms with Crippen LogP contribution in [-0.2, 0) is 23.2 Å². The van der Waals surface area contributed by atoms with Crippen LogP contribution in [-0.4, -0.2) is 0 Å². The third-order valence-corrected chi connectivity index (χ3v) is 10.8. The van der Waals surface area contributed by atoms with Gasteiger partial charge in [-0.2, -0.15) is 0 Å². The van der Waals surface area contributed by atoms with E-state index in [0.717, 1.165) is 0 Å². The number of halogens is 2. The maximum atomic E-state index is 2.46. The Balaban J connectivity index is 0.00000113. The monoisotopic (exact) mass is 446 g/mol. The predicted molar refractivity (Wildman–Crippen MR) is 96.0 cm³/mol. The van der Waals surface area contributed by atoms with Crippen molar-refractivity contribution >= 4 is 16.8 Å². The third-order valence-electron chi connectivity index (χ3n) is 5.39. The van der Waals surface area contributed by atoms with E-state index in [1.54, 1.807) is 20.0 Å². The molecule has 2 aliphatic carbocycles. The van der Waals surface area contributed by atoms with Crippen LogP contribution in [0.25, 0.3) is 16.8 Å². The van der Waals surface area contributed by atoms with Crippen LogP contribution in [0.5, 0.6) is 0 Å². The van der Waals surface area contributed by atoms with Crippen LogP contribution in [0.3, 0.4) is 0 Å². The summed E-state index contributed by atoms with van der Waals surface area (Å²) in [5.74, 6) is 0.666. The molecular weight excluding hydrogens is 426 g/mol. The maximum Gasteiger partial charge on any atom is -1.00 e. The minimum Gasteiger partial charge on any atom is -1.00 e. The van der Waals surface area contributed by atoms with Gasteiger partial charge in [0.15, 0.2) is 0 Å². The second kappa shape index (κ2) is 7.95. The average Bonchev–Trinajstić information content (AvgIpc) is 2.99. The van der Waals surface area contributed by atoms with Crippen molar-refractivity contribution in [2.24, 2.45) is 5.92 Å². The van der Waals surface area contributed by atoms with E-state index in [4.69, 9.17) is 0 Å². The number of allylic oxidation sites excluding steroid dienone is 5. The van der Waals surface area contributed by atoms with E-state index in [9.17, 15) is 0 Å². The Morgan fingerprint density at radius 1 is 0.920 bits per heavy atom. The fourth-order valence-electron chi connectivity index (χ4n) is 4.01. The van der Waals surface area contributed by atoms with Gasteiger partial charge in [0.2, 0.25) is 0 Å². The molecule has 0 N–H and O–H groups in total. The van der Waals surface area contributed by atoms with Gasteiger partial charge in [-0.1, -0.05) is 0 Å². The van der Waals surface area contributed by atoms with E-state index in [0.29, 0.717) is 9.54 Å². The summed E-state index contributed by atoms with van der Waals surface area (Å²) in [7, 11) is 0. The van der Waals surface area contributed by atoms with Gasteiger partial charge in [0.05, 0.1) is 0 Å². The molecule has 2 aromatic rings. The van der Waals surface area contributed by atoms with Crippen molar-refractivity contribution in [3.05, 3.63) is 73.6 Å². The first-order chi connectivity index (χ1) is 11.1. The molecule has 4 rings (SSSR count). The predicted octanol–water partition coefficient (Wildman–Crippen LogP) is 0.258. The summed E-state index contributed by atoms with van der Waals surface area (Å²) in [6.45, 7) is 9.33. The second-order valence-corrected chi connectivity index (χ2v) is 10.4. The van der Waals surface area contributed by atoms with E-state index >= 15 is 0 Å². The van der Waals surface area contributed by atoms with E-state index in [1.165, 1.54) is 21.9 Å². The Hall–Kier alpha value is -0.617. The molecule has 2 atom stereocenters. The maximum absolute atomic E-state index is 2.46. The van der Waals surface area contributed by atoms with Crippen LogP contribution in [0, 0.1) is 5.92 Å². The quantitative estimate of drug-likeness (QED) is 0.619. The molecule has 0 amide bonds. The first kappa shape index (κ1) is 20.7. The summed E-state index contributed by atoms with van der Waals surface area (Å²) < 4.78 is 2.51. The van der Waals surface area contributed by atoms with Crippen molar-refractivity contribution < 1.29 is 48.0 Å². The number of hydrogen-bond acceptors (Lipinski definition) is 0. The molecule has 0 bridgehead atoms. The summed E-state index contributed by atoms with van der Waals surface area (Å²) in [5, 5.41) is 2.79. The zero-order valence-corrected chi connectivity index (χ0v) is 19.0. The largest absolute Gasteiger partial charge is 1.00 e. The molecule has 0 saturated heterocycles. The van der Waals surface area contributed by atoms with Gasteiger partial charge in [0.1, 0.15) is 0 Å². The van der Waals surface area contributed by atoms with Crippen molar-refractivity contribution in [3.63, 3.8) is 0 Å². The van der Waals surface area contributed by atoms with E-state index in [-0.39, 0.29) is 24.8 Å². The minimum atomic E-state index is -0.659. The van der Waals surface area contributed by atoms with E-state index in [1.807, 2.05) is 0 Å². The van der Waals surface area contributed by atoms with Gasteiger partial charge >= 0.3 is 151 Å². The van der Waals surface area contributed by atoms with Crippen LogP contribution in [0.4, 0.5) is 0 Å². The van der Waals surface area contributed by atoms with Gasteiger partial charge in [-0.3, -0.25) is 0 Å². The number of rotatable bonds is 2. The molecule has 2 aromatic carbocycles. The van der Waals surface area contributed by atoms with Crippen molar-refractivity contribution in [1.29, 1.82) is 0 Å². The van der Waals surface area contributed by atoms with E-state index in [2.05, 4.69) is 76.2 Å². The molecule has 0 saturated carbocycles. The van der Waals surface area contributed by atoms with Crippen LogP contribution in [0.15, 0.2) is 62.5 Å². The van der Waals surface area contributed by atoms with Crippen LogP contribution >= 0.6 is 0 Å². The minimum absolute atomic E-state index is 0. The van der Waals surface area contributed by atoms with E-state index < -0.39 is 23.2 Å². The Kier molecular flexibility index (Phi) is 6.58. The zero-order chi connectivity index (χ0) is 16.1. The molecule has 2 aliphatic rings. The molecule has 0 radical (unpaired) electrons. The smallest absolute Gasteiger partial charge is 1.00 e. The fourth-order valence-corrected chi connectivity index (χ4v) is 8.40. The normalized spacial score (nSPS) is 21.1. The van der Waals surface area contributed by atoms with Crippen molar-refractivity contribution in [2.45, 2.75) is 31.3 Å². The van der Waals surface area contributed by atoms with Gasteiger partial charge in [0.25, 0.3) is 0 Å². The first-order valence-corrected chi connectivity index (χ1v) is 11.1. The molecule has 128 valence electrons. The van der Waals surface area contributed by atoms with Crippen LogP contribution in [0.1, 0.15) is 42.4 Å². The third kappa shape index (κ3) is 3.49. The van der Waals surface area contributed by atoms with Gasteiger partial charge in [0, 0.05) is 0 Å². The topological polar surface area (TPSA) is 0 Å². The van der Waals surface area contributed by atoms with Gasteiger partial charge in [-0.25, -0.2) is 0 Å². The molecule has 0 nitrogen and oxygen atoms in total. The first-order valence-electron chi connectivity index (χ1n) is 8.42. The van der Waals surface area contributed by atoms with Gasteiger partial charge < -0.3 is 24.8 Å². The fraction of sp³-hybridized carbons (Fsp3) is 0.273. The Morgan fingerprint density at radius 2 is 1.64 bits per heavy atom. The molecule has 25 heavy (non-hydrogen) atoms. The molecule has 0 aromatic heterocycles. The van der Waals surface area contributed by atoms with Crippen LogP contribution < -0.4 is 24.8 Å². The molecule has 2 unspecified atom stereocenters. The number of hydrogen-bond donors (Lipinski definition) is 0. The average molecular weight is 449 g/mol. The van der Waals surface area contributed by atoms with Gasteiger partial charge in [-0.05, 0) is 0 Å². The Bertz CT molecular complexity index is 905. The zero-order valence-electron chi connectivity index (χ0n) is 15.0. The van der Waals surface area contributed by atoms with Crippen molar-refractivity contribution in [1.82, 2.24) is 0 Å². The summed E-state index contributed by atoms with van der Waals surface area (Å²) in [4.78, 5) is 0. The second-order valence-electron chi connectivity index (χ2n) is 6.93. The summed E-state index contributed by atoms with van der Waals surface area (Å²) >= 11 is -0.659. The van der Waals surface area contributed by atoms with Gasteiger partial charge in [-0.15, -0.1) is 0 Å². The Morgan fingerprint density at radius 3 is 2.32 bits per heavy atom. The standard InChI is InChI=1S/C14H11.C8H11.2ClH.Zr/c1-10-8-12-7-6-11-4-2-3-5-13(11)14(12)9-10;1-6-4-7(2)8(3)5-6;;;/h2-9H,1H3;4,6H,1-3H3;2*1H;/q;;;;+2/p-2. The molecule has 0 heterocycles. The molecule has 0 spiro atoms. The Labute approximate surface area is 174 Å².